The van der Waals surface area contributed by atoms with Crippen molar-refractivity contribution in [1.29, 1.82) is 0 Å². The van der Waals surface area contributed by atoms with Crippen molar-refractivity contribution in [2.45, 2.75) is 16.5 Å². The van der Waals surface area contributed by atoms with E-state index in [1.807, 2.05) is 0 Å². The molecule has 1 unspecified atom stereocenters. The van der Waals surface area contributed by atoms with Crippen LogP contribution in [0.2, 0.25) is 0 Å². The Morgan fingerprint density at radius 2 is 1.69 bits per heavy atom. The summed E-state index contributed by atoms with van der Waals surface area (Å²) in [7, 11) is -11.1. The molecule has 1 aliphatic heterocycles. The van der Waals surface area contributed by atoms with E-state index < -0.39 is 30.5 Å². The molecule has 2 aromatic rings. The first-order chi connectivity index (χ1) is 12.0. The predicted molar refractivity (Wildman–Crippen MR) is 84.5 cm³/mol. The van der Waals surface area contributed by atoms with Crippen molar-refractivity contribution in [3.63, 3.8) is 0 Å². The highest BCUT2D eigenvalue weighted by molar-refractivity contribution is 8.05. The summed E-state index contributed by atoms with van der Waals surface area (Å²) in [5.41, 5.74) is -5.76. The number of nitrogens with one attached hydrogen (secondary N) is 1. The largest absolute Gasteiger partial charge is 0.512 e. The van der Waals surface area contributed by atoms with Gasteiger partial charge in [0.1, 0.15) is 18.5 Å². The van der Waals surface area contributed by atoms with Crippen LogP contribution in [0.4, 0.5) is 13.2 Å². The van der Waals surface area contributed by atoms with Crippen molar-refractivity contribution in [3.8, 4) is 5.75 Å². The van der Waals surface area contributed by atoms with Crippen LogP contribution in [0, 0.1) is 0 Å². The summed E-state index contributed by atoms with van der Waals surface area (Å²) in [5.74, 6) is 0.300. The molecule has 12 heteroatoms. The lowest BCUT2D eigenvalue weighted by atomic mass is 10.1. The second-order valence-corrected chi connectivity index (χ2v) is 8.99. The lowest BCUT2D eigenvalue weighted by Gasteiger charge is -2.13. The third-order valence-corrected chi connectivity index (χ3v) is 6.78. The summed E-state index contributed by atoms with van der Waals surface area (Å²) >= 11 is 0. The molecule has 0 bridgehead atoms. The molecule has 142 valence electrons. The number of halogens is 3. The van der Waals surface area contributed by atoms with Gasteiger partial charge in [-0.3, -0.25) is 0 Å². The Hall–Kier alpha value is -1.89. The number of sulfonamides is 2. The maximum absolute atomic E-state index is 12.5. The van der Waals surface area contributed by atoms with Gasteiger partial charge in [-0.05, 0) is 12.1 Å². The molecule has 2 aromatic carbocycles. The number of rotatable bonds is 6. The second kappa shape index (κ2) is 6.37. The zero-order valence-electron chi connectivity index (χ0n) is 12.9. The van der Waals surface area contributed by atoms with Crippen molar-refractivity contribution in [2.75, 3.05) is 13.2 Å². The van der Waals surface area contributed by atoms with Crippen LogP contribution in [0.3, 0.4) is 0 Å². The molecule has 0 aliphatic carbocycles. The van der Waals surface area contributed by atoms with Gasteiger partial charge in [0.25, 0.3) is 10.0 Å². The van der Waals surface area contributed by atoms with Gasteiger partial charge in [0.15, 0.2) is 0 Å². The fraction of sp³-hybridized carbons (Fsp3) is 0.286. The molecule has 1 fully saturated rings. The zero-order chi connectivity index (χ0) is 19.2. The number of hydrogen-bond acceptors (Lipinski definition) is 6. The van der Waals surface area contributed by atoms with E-state index in [-0.39, 0.29) is 18.1 Å². The first kappa shape index (κ1) is 18.9. The monoisotopic (exact) mass is 411 g/mol. The Morgan fingerprint density at radius 3 is 2.31 bits per heavy atom. The Balaban J connectivity index is 2.03. The van der Waals surface area contributed by atoms with E-state index in [9.17, 15) is 30.0 Å². The van der Waals surface area contributed by atoms with Crippen LogP contribution in [0.5, 0.6) is 5.75 Å². The number of benzene rings is 2. The lowest BCUT2D eigenvalue weighted by molar-refractivity contribution is -0.0441. The summed E-state index contributed by atoms with van der Waals surface area (Å²) in [6.45, 7) is 0.778. The molecule has 0 amide bonds. The van der Waals surface area contributed by atoms with Gasteiger partial charge < -0.3 is 9.47 Å². The van der Waals surface area contributed by atoms with Crippen LogP contribution in [0.25, 0.3) is 10.8 Å². The molecular weight excluding hydrogens is 399 g/mol. The SMILES string of the molecule is O=S(=O)(NS(=O)(=O)C(F)(F)F)c1cccc2c(OCC3CO3)cccc12. The zero-order valence-corrected chi connectivity index (χ0v) is 14.5. The summed E-state index contributed by atoms with van der Waals surface area (Å²) in [6.07, 6.45) is -0.0595. The van der Waals surface area contributed by atoms with Gasteiger partial charge in [-0.2, -0.15) is 13.2 Å². The van der Waals surface area contributed by atoms with Crippen LogP contribution in [-0.4, -0.2) is 41.7 Å². The summed E-state index contributed by atoms with van der Waals surface area (Å²) < 4.78 is 95.6. The van der Waals surface area contributed by atoms with Crippen LogP contribution in [0.1, 0.15) is 0 Å². The molecule has 0 saturated carbocycles. The van der Waals surface area contributed by atoms with Gasteiger partial charge in [-0.1, -0.05) is 28.4 Å². The van der Waals surface area contributed by atoms with E-state index in [2.05, 4.69) is 0 Å². The Kier molecular flexibility index (Phi) is 4.63. The highest BCUT2D eigenvalue weighted by atomic mass is 32.3. The molecule has 0 aromatic heterocycles. The fourth-order valence-corrected chi connectivity index (χ4v) is 4.81. The van der Waals surface area contributed by atoms with Crippen molar-refractivity contribution >= 4 is 30.8 Å². The highest BCUT2D eigenvalue weighted by Crippen LogP contribution is 2.32. The van der Waals surface area contributed by atoms with Gasteiger partial charge in [0, 0.05) is 10.8 Å². The molecular formula is C14H12F3NO6S2. The molecule has 1 heterocycles. The standard InChI is InChI=1S/C14H12F3NO6S2/c15-14(16,17)26(21,22)18-25(19,20)13-6-2-3-10-11(13)4-1-5-12(10)24-8-9-7-23-9/h1-6,9,18H,7-8H2. The minimum absolute atomic E-state index is 0.0200. The predicted octanol–water partition coefficient (Wildman–Crippen LogP) is 1.75. The molecule has 3 rings (SSSR count). The summed E-state index contributed by atoms with van der Waals surface area (Å²) in [6, 6.07) is 8.13. The minimum Gasteiger partial charge on any atom is -0.490 e. The van der Waals surface area contributed by atoms with E-state index in [0.717, 1.165) is 10.2 Å². The maximum Gasteiger partial charge on any atom is 0.512 e. The second-order valence-electron chi connectivity index (χ2n) is 5.41. The quantitative estimate of drug-likeness (QED) is 0.727. The normalized spacial score (nSPS) is 18.0. The summed E-state index contributed by atoms with van der Waals surface area (Å²) in [4.78, 5) is -0.615. The molecule has 0 radical (unpaired) electrons. The average molecular weight is 411 g/mol. The van der Waals surface area contributed by atoms with E-state index in [0.29, 0.717) is 17.7 Å². The summed E-state index contributed by atoms with van der Waals surface area (Å²) in [5, 5.41) is 0.326. The van der Waals surface area contributed by atoms with Crippen LogP contribution in [-0.2, 0) is 24.8 Å². The molecule has 26 heavy (non-hydrogen) atoms. The molecule has 1 N–H and O–H groups in total. The molecule has 1 atom stereocenters. The first-order valence-corrected chi connectivity index (χ1v) is 10.1. The first-order valence-electron chi connectivity index (χ1n) is 7.12. The van der Waals surface area contributed by atoms with Gasteiger partial charge in [-0.25, -0.2) is 16.8 Å². The fourth-order valence-electron chi connectivity index (χ4n) is 2.20. The van der Waals surface area contributed by atoms with Gasteiger partial charge >= 0.3 is 15.5 Å². The Morgan fingerprint density at radius 1 is 1.08 bits per heavy atom. The Bertz CT molecular complexity index is 1050. The van der Waals surface area contributed by atoms with E-state index in [1.165, 1.54) is 24.3 Å². The topological polar surface area (TPSA) is 102 Å². The van der Waals surface area contributed by atoms with E-state index in [1.54, 1.807) is 6.07 Å². The molecule has 1 aliphatic rings. The number of hydrogen-bond donors (Lipinski definition) is 1. The number of alkyl halides is 3. The van der Waals surface area contributed by atoms with Gasteiger partial charge in [-0.15, -0.1) is 0 Å². The number of ether oxygens (including phenoxy) is 2. The maximum atomic E-state index is 12.5. The smallest absolute Gasteiger partial charge is 0.490 e. The third kappa shape index (κ3) is 3.77. The van der Waals surface area contributed by atoms with E-state index in [4.69, 9.17) is 9.47 Å². The van der Waals surface area contributed by atoms with Crippen molar-refractivity contribution in [3.05, 3.63) is 36.4 Å². The van der Waals surface area contributed by atoms with E-state index >= 15 is 0 Å². The van der Waals surface area contributed by atoms with Crippen LogP contribution < -0.4 is 8.86 Å². The van der Waals surface area contributed by atoms with Crippen molar-refractivity contribution in [2.24, 2.45) is 0 Å². The van der Waals surface area contributed by atoms with Gasteiger partial charge in [0.05, 0.1) is 11.5 Å². The third-order valence-electron chi connectivity index (χ3n) is 3.48. The van der Waals surface area contributed by atoms with Crippen molar-refractivity contribution < 1.29 is 39.5 Å². The van der Waals surface area contributed by atoms with Crippen LogP contribution >= 0.6 is 0 Å². The molecule has 7 nitrogen and oxygen atoms in total. The average Bonchev–Trinajstić information content (AvgIpc) is 3.34. The number of epoxide rings is 1. The lowest BCUT2D eigenvalue weighted by Crippen LogP contribution is -2.40. The minimum atomic E-state index is -6.08. The number of fused-ring (bicyclic) bond motifs is 1. The Labute approximate surface area is 146 Å². The van der Waals surface area contributed by atoms with Crippen molar-refractivity contribution in [1.82, 2.24) is 4.13 Å². The molecule has 1 saturated heterocycles. The van der Waals surface area contributed by atoms with Crippen LogP contribution in [0.15, 0.2) is 41.3 Å². The highest BCUT2D eigenvalue weighted by Gasteiger charge is 2.48. The molecule has 0 spiro atoms. The van der Waals surface area contributed by atoms with Gasteiger partial charge in [0.2, 0.25) is 0 Å².